The second-order valence-corrected chi connectivity index (χ2v) is 7.29. The topological polar surface area (TPSA) is 52.3 Å². The number of hydrogen-bond donors (Lipinski definition) is 0. The lowest BCUT2D eigenvalue weighted by molar-refractivity contribution is 0.482. The zero-order valence-corrected chi connectivity index (χ0v) is 16.8. The highest BCUT2D eigenvalue weighted by atomic mass is 32.2. The van der Waals surface area contributed by atoms with Gasteiger partial charge in [-0.25, -0.2) is 0 Å². The molecule has 144 valence electrons. The van der Waals surface area contributed by atoms with Crippen molar-refractivity contribution < 1.29 is 4.74 Å². The number of ether oxygens (including phenoxy) is 1. The van der Waals surface area contributed by atoms with Gasteiger partial charge in [0.1, 0.15) is 11.5 Å². The fraction of sp³-hybridized carbons (Fsp3) is 0.0870. The molecule has 0 spiro atoms. The lowest BCUT2D eigenvalue weighted by atomic mass is 10.2. The van der Waals surface area contributed by atoms with Gasteiger partial charge in [-0.1, -0.05) is 72.4 Å². The van der Waals surface area contributed by atoms with Crippen LogP contribution in [0.2, 0.25) is 0 Å². The van der Waals surface area contributed by atoms with Crippen molar-refractivity contribution in [2.45, 2.75) is 17.8 Å². The zero-order chi connectivity index (χ0) is 19.9. The first-order valence-corrected chi connectivity index (χ1v) is 10.2. The number of para-hydroxylation sites is 1. The summed E-state index contributed by atoms with van der Waals surface area (Å²) in [6.07, 6.45) is 1.79. The Morgan fingerprint density at radius 3 is 2.41 bits per heavy atom. The number of rotatable bonds is 7. The van der Waals surface area contributed by atoms with Crippen LogP contribution in [0.1, 0.15) is 17.0 Å². The van der Waals surface area contributed by atoms with E-state index >= 15 is 0 Å². The molecule has 6 heteroatoms. The minimum Gasteiger partial charge on any atom is -0.457 e. The number of benzene rings is 3. The molecule has 0 radical (unpaired) electrons. The van der Waals surface area contributed by atoms with Crippen LogP contribution in [0.25, 0.3) is 0 Å². The zero-order valence-electron chi connectivity index (χ0n) is 16.0. The van der Waals surface area contributed by atoms with Crippen molar-refractivity contribution in [3.05, 3.63) is 102 Å². The third kappa shape index (κ3) is 5.12. The summed E-state index contributed by atoms with van der Waals surface area (Å²) in [6, 6.07) is 27.8. The monoisotopic (exact) mass is 400 g/mol. The van der Waals surface area contributed by atoms with Gasteiger partial charge in [-0.05, 0) is 42.3 Å². The Bertz CT molecular complexity index is 1090. The molecule has 0 fully saturated rings. The fourth-order valence-electron chi connectivity index (χ4n) is 2.69. The number of hydrogen-bond acceptors (Lipinski definition) is 5. The first kappa shape index (κ1) is 19.0. The molecule has 1 heterocycles. The van der Waals surface area contributed by atoms with Gasteiger partial charge in [0.05, 0.1) is 6.21 Å². The van der Waals surface area contributed by atoms with Crippen LogP contribution < -0.4 is 4.74 Å². The number of thioether (sulfide) groups is 1. The summed E-state index contributed by atoms with van der Waals surface area (Å²) in [7, 11) is 0. The Morgan fingerprint density at radius 2 is 1.62 bits per heavy atom. The average molecular weight is 401 g/mol. The van der Waals surface area contributed by atoms with Crippen LogP contribution in [0.5, 0.6) is 11.5 Å². The fourth-order valence-corrected chi connectivity index (χ4v) is 3.58. The highest BCUT2D eigenvalue weighted by Crippen LogP contribution is 2.23. The maximum atomic E-state index is 5.89. The van der Waals surface area contributed by atoms with E-state index in [1.165, 1.54) is 5.56 Å². The number of nitrogens with zero attached hydrogens (tertiary/aromatic N) is 4. The predicted molar refractivity (Wildman–Crippen MR) is 117 cm³/mol. The molecule has 0 atom stereocenters. The smallest absolute Gasteiger partial charge is 0.212 e. The van der Waals surface area contributed by atoms with Crippen LogP contribution in [-0.4, -0.2) is 21.1 Å². The summed E-state index contributed by atoms with van der Waals surface area (Å²) in [4.78, 5) is 0. The normalized spacial score (nSPS) is 11.1. The van der Waals surface area contributed by atoms with Crippen molar-refractivity contribution in [1.82, 2.24) is 14.9 Å². The molecular formula is C23H20N4OS. The van der Waals surface area contributed by atoms with E-state index < -0.39 is 0 Å². The Labute approximate surface area is 174 Å². The Hall–Kier alpha value is -3.38. The van der Waals surface area contributed by atoms with E-state index in [4.69, 9.17) is 4.74 Å². The van der Waals surface area contributed by atoms with Gasteiger partial charge in [-0.15, -0.1) is 10.2 Å². The second kappa shape index (κ2) is 9.21. The van der Waals surface area contributed by atoms with Crippen LogP contribution in [-0.2, 0) is 5.75 Å². The molecule has 0 bridgehead atoms. The lowest BCUT2D eigenvalue weighted by Gasteiger charge is -2.06. The molecular weight excluding hydrogens is 380 g/mol. The summed E-state index contributed by atoms with van der Waals surface area (Å²) in [6.45, 7) is 1.89. The van der Waals surface area contributed by atoms with Gasteiger partial charge in [0.2, 0.25) is 5.16 Å². The van der Waals surface area contributed by atoms with Crippen molar-refractivity contribution in [2.24, 2.45) is 5.10 Å². The molecule has 0 aliphatic carbocycles. The van der Waals surface area contributed by atoms with Crippen molar-refractivity contribution in [1.29, 1.82) is 0 Å². The number of aryl methyl sites for hydroxylation is 1. The molecule has 4 aromatic rings. The van der Waals surface area contributed by atoms with Gasteiger partial charge >= 0.3 is 0 Å². The van der Waals surface area contributed by atoms with Gasteiger partial charge in [-0.2, -0.15) is 9.78 Å². The van der Waals surface area contributed by atoms with Gasteiger partial charge in [-0.3, -0.25) is 0 Å². The maximum Gasteiger partial charge on any atom is 0.212 e. The molecule has 0 unspecified atom stereocenters. The van der Waals surface area contributed by atoms with E-state index in [1.54, 1.807) is 22.7 Å². The van der Waals surface area contributed by atoms with E-state index in [0.717, 1.165) is 33.8 Å². The molecule has 29 heavy (non-hydrogen) atoms. The van der Waals surface area contributed by atoms with Crippen molar-refractivity contribution in [2.75, 3.05) is 0 Å². The molecule has 3 aromatic carbocycles. The molecule has 0 aliphatic heterocycles. The summed E-state index contributed by atoms with van der Waals surface area (Å²) in [5, 5.41) is 13.8. The highest BCUT2D eigenvalue weighted by molar-refractivity contribution is 7.98. The van der Waals surface area contributed by atoms with Crippen molar-refractivity contribution in [3.63, 3.8) is 0 Å². The van der Waals surface area contributed by atoms with Crippen LogP contribution in [0, 0.1) is 6.92 Å². The average Bonchev–Trinajstić information content (AvgIpc) is 3.12. The predicted octanol–water partition coefficient (Wildman–Crippen LogP) is 5.55. The molecule has 0 amide bonds. The van der Waals surface area contributed by atoms with Gasteiger partial charge in [0, 0.05) is 5.75 Å². The SMILES string of the molecule is Cc1nnc(SCc2ccccc2)n1/N=C/c1cccc(Oc2ccccc2)c1. The van der Waals surface area contributed by atoms with Crippen LogP contribution >= 0.6 is 11.8 Å². The minimum atomic E-state index is 0.744. The molecule has 0 N–H and O–H groups in total. The molecule has 5 nitrogen and oxygen atoms in total. The third-order valence-corrected chi connectivity index (χ3v) is 5.13. The first-order valence-electron chi connectivity index (χ1n) is 9.24. The summed E-state index contributed by atoms with van der Waals surface area (Å²) in [5.74, 6) is 3.12. The van der Waals surface area contributed by atoms with Crippen molar-refractivity contribution >= 4 is 18.0 Å². The van der Waals surface area contributed by atoms with Gasteiger partial charge in [0.15, 0.2) is 5.82 Å². The number of aromatic nitrogens is 3. The van der Waals surface area contributed by atoms with Crippen LogP contribution in [0.15, 0.2) is 95.2 Å². The summed E-state index contributed by atoms with van der Waals surface area (Å²) >= 11 is 1.61. The Kier molecular flexibility index (Phi) is 6.02. The van der Waals surface area contributed by atoms with E-state index in [9.17, 15) is 0 Å². The minimum absolute atomic E-state index is 0.744. The van der Waals surface area contributed by atoms with Crippen LogP contribution in [0.4, 0.5) is 0 Å². The molecule has 4 rings (SSSR count). The lowest BCUT2D eigenvalue weighted by Crippen LogP contribution is -1.96. The largest absolute Gasteiger partial charge is 0.457 e. The van der Waals surface area contributed by atoms with Crippen LogP contribution in [0.3, 0.4) is 0 Å². The highest BCUT2D eigenvalue weighted by Gasteiger charge is 2.08. The third-order valence-electron chi connectivity index (χ3n) is 4.14. The summed E-state index contributed by atoms with van der Waals surface area (Å²) < 4.78 is 7.66. The second-order valence-electron chi connectivity index (χ2n) is 6.35. The van der Waals surface area contributed by atoms with Gasteiger partial charge < -0.3 is 4.74 Å². The molecule has 0 saturated carbocycles. The maximum absolute atomic E-state index is 5.89. The first-order chi connectivity index (χ1) is 14.3. The molecule has 1 aromatic heterocycles. The van der Waals surface area contributed by atoms with E-state index in [1.807, 2.05) is 79.7 Å². The van der Waals surface area contributed by atoms with Gasteiger partial charge in [0.25, 0.3) is 0 Å². The Balaban J connectivity index is 1.48. The Morgan fingerprint density at radius 1 is 0.897 bits per heavy atom. The molecule has 0 saturated heterocycles. The standard InChI is InChI=1S/C23H20N4OS/c1-18-25-26-23(29-17-19-9-4-2-5-10-19)27(18)24-16-20-11-8-14-22(15-20)28-21-12-6-3-7-13-21/h2-16H,17H2,1H3/b24-16+. The van der Waals surface area contributed by atoms with E-state index in [-0.39, 0.29) is 0 Å². The van der Waals surface area contributed by atoms with Crippen molar-refractivity contribution in [3.8, 4) is 11.5 Å². The van der Waals surface area contributed by atoms with E-state index in [0.29, 0.717) is 0 Å². The quantitative estimate of drug-likeness (QED) is 0.301. The molecule has 0 aliphatic rings. The van der Waals surface area contributed by atoms with E-state index in [2.05, 4.69) is 27.4 Å². The summed E-state index contributed by atoms with van der Waals surface area (Å²) in [5.41, 5.74) is 2.17.